The molecule has 5 heteroatoms. The van der Waals surface area contributed by atoms with Crippen LogP contribution >= 0.6 is 0 Å². The summed E-state index contributed by atoms with van der Waals surface area (Å²) in [5.41, 5.74) is 2.94. The topological polar surface area (TPSA) is 63.8 Å². The minimum absolute atomic E-state index is 0.104. The van der Waals surface area contributed by atoms with Crippen LogP contribution in [0.15, 0.2) is 52.2 Å². The van der Waals surface area contributed by atoms with Crippen molar-refractivity contribution < 1.29 is 13.9 Å². The molecule has 2 aromatic rings. The predicted octanol–water partition coefficient (Wildman–Crippen LogP) is 2.83. The van der Waals surface area contributed by atoms with Crippen LogP contribution in [0.3, 0.4) is 0 Å². The average Bonchev–Trinajstić information content (AvgIpc) is 2.92. The number of carbonyl (C=O) groups is 1. The Labute approximate surface area is 117 Å². The lowest BCUT2D eigenvalue weighted by Crippen LogP contribution is -2.17. The Kier molecular flexibility index (Phi) is 4.55. The van der Waals surface area contributed by atoms with Gasteiger partial charge in [-0.15, -0.1) is 0 Å². The number of carbonyl (C=O) groups excluding carboxylic acids is 1. The van der Waals surface area contributed by atoms with Crippen molar-refractivity contribution in [1.82, 2.24) is 5.43 Å². The van der Waals surface area contributed by atoms with Gasteiger partial charge in [-0.25, -0.2) is 5.43 Å². The molecule has 2 rings (SSSR count). The minimum Gasteiger partial charge on any atom is -0.491 e. The Morgan fingerprint density at radius 2 is 2.05 bits per heavy atom. The van der Waals surface area contributed by atoms with Crippen molar-refractivity contribution in [3.8, 4) is 5.75 Å². The SMILES string of the molecule is CC(C)Oc1ccc(C(=O)N/N=C\c2ccco2)cc1. The van der Waals surface area contributed by atoms with Crippen molar-refractivity contribution in [3.63, 3.8) is 0 Å². The van der Waals surface area contributed by atoms with E-state index in [9.17, 15) is 4.79 Å². The highest BCUT2D eigenvalue weighted by atomic mass is 16.5. The molecule has 0 fully saturated rings. The van der Waals surface area contributed by atoms with Gasteiger partial charge in [0.1, 0.15) is 11.5 Å². The van der Waals surface area contributed by atoms with Gasteiger partial charge in [0, 0.05) is 5.56 Å². The first kappa shape index (κ1) is 13.9. The van der Waals surface area contributed by atoms with Crippen LogP contribution in [-0.2, 0) is 0 Å². The van der Waals surface area contributed by atoms with E-state index in [2.05, 4.69) is 10.5 Å². The first-order valence-corrected chi connectivity index (χ1v) is 6.29. The van der Waals surface area contributed by atoms with Gasteiger partial charge in [0.25, 0.3) is 5.91 Å². The molecule has 0 bridgehead atoms. The Morgan fingerprint density at radius 1 is 1.30 bits per heavy atom. The van der Waals surface area contributed by atoms with E-state index in [-0.39, 0.29) is 12.0 Å². The molecule has 0 aliphatic rings. The van der Waals surface area contributed by atoms with Gasteiger partial charge >= 0.3 is 0 Å². The molecule has 5 nitrogen and oxygen atoms in total. The van der Waals surface area contributed by atoms with Crippen molar-refractivity contribution in [1.29, 1.82) is 0 Å². The molecule has 1 amide bonds. The largest absolute Gasteiger partial charge is 0.491 e. The van der Waals surface area contributed by atoms with Crippen molar-refractivity contribution in [2.75, 3.05) is 0 Å². The Morgan fingerprint density at radius 3 is 2.65 bits per heavy atom. The molecule has 20 heavy (non-hydrogen) atoms. The Balaban J connectivity index is 1.92. The number of nitrogens with zero attached hydrogens (tertiary/aromatic N) is 1. The van der Waals surface area contributed by atoms with Gasteiger partial charge < -0.3 is 9.15 Å². The number of rotatable bonds is 5. The standard InChI is InChI=1S/C15H16N2O3/c1-11(2)20-13-7-5-12(6-8-13)15(18)17-16-10-14-4-3-9-19-14/h3-11H,1-2H3,(H,17,18)/b16-10-. The zero-order valence-corrected chi connectivity index (χ0v) is 11.4. The number of amides is 1. The van der Waals surface area contributed by atoms with E-state index in [1.807, 2.05) is 13.8 Å². The third-order valence-corrected chi connectivity index (χ3v) is 2.39. The molecule has 0 spiro atoms. The Bertz CT molecular complexity index is 572. The van der Waals surface area contributed by atoms with Gasteiger partial charge in [0.2, 0.25) is 0 Å². The lowest BCUT2D eigenvalue weighted by Gasteiger charge is -2.09. The molecule has 0 radical (unpaired) electrons. The molecule has 1 aromatic heterocycles. The van der Waals surface area contributed by atoms with E-state index < -0.39 is 0 Å². The zero-order chi connectivity index (χ0) is 14.4. The molecule has 0 aliphatic heterocycles. The van der Waals surface area contributed by atoms with Crippen molar-refractivity contribution in [2.24, 2.45) is 5.10 Å². The fourth-order valence-electron chi connectivity index (χ4n) is 1.54. The predicted molar refractivity (Wildman–Crippen MR) is 76.0 cm³/mol. The highest BCUT2D eigenvalue weighted by Crippen LogP contribution is 2.13. The smallest absolute Gasteiger partial charge is 0.271 e. The summed E-state index contributed by atoms with van der Waals surface area (Å²) in [6.45, 7) is 3.90. The quantitative estimate of drug-likeness (QED) is 0.672. The minimum atomic E-state index is -0.288. The van der Waals surface area contributed by atoms with E-state index >= 15 is 0 Å². The van der Waals surface area contributed by atoms with E-state index in [0.717, 1.165) is 5.75 Å². The molecular weight excluding hydrogens is 256 g/mol. The maximum atomic E-state index is 11.8. The molecule has 1 N–H and O–H groups in total. The average molecular weight is 272 g/mol. The molecule has 1 heterocycles. The molecule has 0 aliphatic carbocycles. The number of hydrogen-bond donors (Lipinski definition) is 1. The van der Waals surface area contributed by atoms with Crippen LogP contribution in [0.2, 0.25) is 0 Å². The molecule has 0 saturated heterocycles. The number of hydrogen-bond acceptors (Lipinski definition) is 4. The number of furan rings is 1. The molecule has 104 valence electrons. The lowest BCUT2D eigenvalue weighted by atomic mass is 10.2. The van der Waals surface area contributed by atoms with Crippen molar-refractivity contribution in [2.45, 2.75) is 20.0 Å². The van der Waals surface area contributed by atoms with Crippen molar-refractivity contribution >= 4 is 12.1 Å². The van der Waals surface area contributed by atoms with Gasteiger partial charge in [0.05, 0.1) is 18.6 Å². The molecule has 1 aromatic carbocycles. The first-order chi connectivity index (χ1) is 9.65. The summed E-state index contributed by atoms with van der Waals surface area (Å²) < 4.78 is 10.6. The maximum Gasteiger partial charge on any atom is 0.271 e. The van der Waals surface area contributed by atoms with Crippen LogP contribution in [0.4, 0.5) is 0 Å². The van der Waals surface area contributed by atoms with Gasteiger partial charge in [-0.1, -0.05) is 0 Å². The van der Waals surface area contributed by atoms with E-state index in [1.165, 1.54) is 12.5 Å². The zero-order valence-electron chi connectivity index (χ0n) is 11.4. The third-order valence-electron chi connectivity index (χ3n) is 2.39. The van der Waals surface area contributed by atoms with Crippen LogP contribution in [0.5, 0.6) is 5.75 Å². The van der Waals surface area contributed by atoms with Gasteiger partial charge in [0.15, 0.2) is 0 Å². The van der Waals surface area contributed by atoms with Gasteiger partial charge in [-0.05, 0) is 50.2 Å². The number of nitrogens with one attached hydrogen (secondary N) is 1. The first-order valence-electron chi connectivity index (χ1n) is 6.29. The summed E-state index contributed by atoms with van der Waals surface area (Å²) in [4.78, 5) is 11.8. The van der Waals surface area contributed by atoms with Crippen LogP contribution in [-0.4, -0.2) is 18.2 Å². The second kappa shape index (κ2) is 6.56. The number of ether oxygens (including phenoxy) is 1. The van der Waals surface area contributed by atoms with E-state index in [0.29, 0.717) is 11.3 Å². The molecule has 0 unspecified atom stereocenters. The van der Waals surface area contributed by atoms with E-state index in [1.54, 1.807) is 36.4 Å². The lowest BCUT2D eigenvalue weighted by molar-refractivity contribution is 0.0955. The monoisotopic (exact) mass is 272 g/mol. The van der Waals surface area contributed by atoms with E-state index in [4.69, 9.17) is 9.15 Å². The summed E-state index contributed by atoms with van der Waals surface area (Å²) in [5, 5.41) is 3.81. The molecule has 0 saturated carbocycles. The Hall–Kier alpha value is -2.56. The maximum absolute atomic E-state index is 11.8. The van der Waals surface area contributed by atoms with Crippen LogP contribution in [0.1, 0.15) is 30.0 Å². The summed E-state index contributed by atoms with van der Waals surface area (Å²) in [6, 6.07) is 10.4. The normalized spacial score (nSPS) is 10.9. The molecular formula is C15H16N2O3. The number of benzene rings is 1. The van der Waals surface area contributed by atoms with Crippen LogP contribution < -0.4 is 10.2 Å². The summed E-state index contributed by atoms with van der Waals surface area (Å²) in [6.07, 6.45) is 3.08. The highest BCUT2D eigenvalue weighted by Gasteiger charge is 2.05. The highest BCUT2D eigenvalue weighted by molar-refractivity contribution is 5.94. The number of hydrazone groups is 1. The van der Waals surface area contributed by atoms with Crippen LogP contribution in [0, 0.1) is 0 Å². The van der Waals surface area contributed by atoms with Gasteiger partial charge in [-0.2, -0.15) is 5.10 Å². The summed E-state index contributed by atoms with van der Waals surface area (Å²) in [7, 11) is 0. The van der Waals surface area contributed by atoms with Crippen LogP contribution in [0.25, 0.3) is 0 Å². The van der Waals surface area contributed by atoms with Gasteiger partial charge in [-0.3, -0.25) is 4.79 Å². The fourth-order valence-corrected chi connectivity index (χ4v) is 1.54. The summed E-state index contributed by atoms with van der Waals surface area (Å²) in [5.74, 6) is 1.02. The third kappa shape index (κ3) is 3.98. The second-order valence-corrected chi connectivity index (χ2v) is 4.41. The van der Waals surface area contributed by atoms with Crippen molar-refractivity contribution in [3.05, 3.63) is 54.0 Å². The second-order valence-electron chi connectivity index (χ2n) is 4.41. The summed E-state index contributed by atoms with van der Waals surface area (Å²) >= 11 is 0. The fraction of sp³-hybridized carbons (Fsp3) is 0.200. The molecule has 0 atom stereocenters.